The number of carbonyl (C=O) groups excluding carboxylic acids is 1. The van der Waals surface area contributed by atoms with E-state index in [1.54, 1.807) is 25.1 Å². The molecular formula is C27H23Cl2N3O2. The van der Waals surface area contributed by atoms with Gasteiger partial charge < -0.3 is 19.6 Å². The fraction of sp³-hybridized carbons (Fsp3) is 0.148. The molecule has 2 aromatic heterocycles. The highest BCUT2D eigenvalue weighted by atomic mass is 35.5. The molecule has 0 saturated heterocycles. The van der Waals surface area contributed by atoms with E-state index in [2.05, 4.69) is 22.1 Å². The van der Waals surface area contributed by atoms with E-state index in [1.165, 1.54) is 0 Å². The number of aromatic amines is 2. The number of fused-ring (bicyclic) bond motifs is 2. The maximum Gasteiger partial charge on any atom is 0.263 e. The van der Waals surface area contributed by atoms with Gasteiger partial charge in [0.25, 0.3) is 5.91 Å². The molecular weight excluding hydrogens is 469 g/mol. The van der Waals surface area contributed by atoms with Gasteiger partial charge in [-0.25, -0.2) is 0 Å². The highest BCUT2D eigenvalue weighted by Crippen LogP contribution is 2.29. The van der Waals surface area contributed by atoms with Crippen molar-refractivity contribution in [2.75, 3.05) is 0 Å². The largest absolute Gasteiger partial charge is 0.479 e. The van der Waals surface area contributed by atoms with Gasteiger partial charge in [-0.1, -0.05) is 47.5 Å². The number of rotatable bonds is 7. The number of benzene rings is 3. The Morgan fingerprint density at radius 1 is 0.882 bits per heavy atom. The van der Waals surface area contributed by atoms with E-state index in [4.69, 9.17) is 27.9 Å². The van der Waals surface area contributed by atoms with Crippen LogP contribution in [0, 0.1) is 0 Å². The van der Waals surface area contributed by atoms with Crippen LogP contribution in [0.3, 0.4) is 0 Å². The van der Waals surface area contributed by atoms with E-state index in [1.807, 2.05) is 53.7 Å². The smallest absolute Gasteiger partial charge is 0.263 e. The molecule has 0 saturated carbocycles. The molecule has 0 aliphatic rings. The molecule has 0 aliphatic carbocycles. The van der Waals surface area contributed by atoms with E-state index in [0.29, 0.717) is 28.9 Å². The molecule has 7 heteroatoms. The first kappa shape index (κ1) is 22.4. The first-order valence-corrected chi connectivity index (χ1v) is 11.8. The summed E-state index contributed by atoms with van der Waals surface area (Å²) in [6.45, 7) is 2.63. The molecule has 0 spiro atoms. The third kappa shape index (κ3) is 4.49. The Morgan fingerprint density at radius 3 is 2.03 bits per heavy atom. The van der Waals surface area contributed by atoms with Gasteiger partial charge in [0.15, 0.2) is 6.10 Å². The average Bonchev–Trinajstić information content (AvgIpc) is 3.50. The summed E-state index contributed by atoms with van der Waals surface area (Å²) in [5.41, 5.74) is 4.19. The van der Waals surface area contributed by atoms with Crippen LogP contribution in [0.4, 0.5) is 0 Å². The summed E-state index contributed by atoms with van der Waals surface area (Å²) < 4.78 is 5.97. The first-order chi connectivity index (χ1) is 16.5. The molecule has 1 unspecified atom stereocenters. The molecule has 5 aromatic rings. The topological polar surface area (TPSA) is 61.1 Å². The summed E-state index contributed by atoms with van der Waals surface area (Å²) in [5.74, 6) is 0.290. The van der Waals surface area contributed by atoms with Crippen molar-refractivity contribution in [3.05, 3.63) is 100 Å². The molecule has 1 atom stereocenters. The molecule has 1 amide bonds. The summed E-state index contributed by atoms with van der Waals surface area (Å²) in [5, 5.41) is 3.06. The monoisotopic (exact) mass is 491 g/mol. The van der Waals surface area contributed by atoms with Crippen LogP contribution in [-0.4, -0.2) is 26.9 Å². The number of ether oxygens (including phenoxy) is 1. The zero-order valence-corrected chi connectivity index (χ0v) is 20.0. The van der Waals surface area contributed by atoms with Crippen molar-refractivity contribution in [2.24, 2.45) is 0 Å². The van der Waals surface area contributed by atoms with Crippen LogP contribution >= 0.6 is 23.2 Å². The second-order valence-corrected chi connectivity index (χ2v) is 9.08. The average molecular weight is 492 g/mol. The molecule has 3 aromatic carbocycles. The van der Waals surface area contributed by atoms with Crippen LogP contribution in [0.2, 0.25) is 10.0 Å². The molecule has 0 radical (unpaired) electrons. The molecule has 34 heavy (non-hydrogen) atoms. The predicted molar refractivity (Wildman–Crippen MR) is 137 cm³/mol. The van der Waals surface area contributed by atoms with Gasteiger partial charge in [0.2, 0.25) is 0 Å². The Labute approximate surface area is 207 Å². The molecule has 5 nitrogen and oxygen atoms in total. The van der Waals surface area contributed by atoms with Crippen molar-refractivity contribution in [1.82, 2.24) is 14.9 Å². The lowest BCUT2D eigenvalue weighted by Crippen LogP contribution is -2.39. The summed E-state index contributed by atoms with van der Waals surface area (Å²) in [7, 11) is 0. The van der Waals surface area contributed by atoms with Crippen molar-refractivity contribution in [1.29, 1.82) is 0 Å². The number of hydrogen-bond donors (Lipinski definition) is 2. The van der Waals surface area contributed by atoms with E-state index in [-0.39, 0.29) is 5.91 Å². The standard InChI is InChI=1S/C27H23Cl2N3O2/c1-17(34-26-9-8-20(28)14-23(26)29)27(33)32(15-18-4-2-6-24-21(18)10-12-30-24)16-19-5-3-7-25-22(19)11-13-31-25/h2-14,17,30-31H,15-16H2,1H3. The highest BCUT2D eigenvalue weighted by Gasteiger charge is 2.25. The lowest BCUT2D eigenvalue weighted by molar-refractivity contribution is -0.139. The third-order valence-electron chi connectivity index (χ3n) is 5.95. The fourth-order valence-corrected chi connectivity index (χ4v) is 4.72. The molecule has 5 rings (SSSR count). The van der Waals surface area contributed by atoms with E-state index in [0.717, 1.165) is 32.9 Å². The van der Waals surface area contributed by atoms with Gasteiger partial charge in [-0.15, -0.1) is 0 Å². The lowest BCUT2D eigenvalue weighted by atomic mass is 10.1. The zero-order valence-electron chi connectivity index (χ0n) is 18.5. The van der Waals surface area contributed by atoms with Gasteiger partial charge in [-0.2, -0.15) is 0 Å². The summed E-state index contributed by atoms with van der Waals surface area (Å²) in [6.07, 6.45) is 3.08. The minimum absolute atomic E-state index is 0.133. The lowest BCUT2D eigenvalue weighted by Gasteiger charge is -2.27. The number of H-pyrrole nitrogens is 2. The van der Waals surface area contributed by atoms with Gasteiger partial charge in [0, 0.05) is 52.3 Å². The molecule has 2 heterocycles. The Balaban J connectivity index is 1.47. The third-order valence-corrected chi connectivity index (χ3v) is 6.48. The second-order valence-electron chi connectivity index (χ2n) is 8.24. The number of nitrogens with zero attached hydrogens (tertiary/aromatic N) is 1. The maximum atomic E-state index is 13.7. The summed E-state index contributed by atoms with van der Waals surface area (Å²) >= 11 is 12.3. The number of hydrogen-bond acceptors (Lipinski definition) is 2. The normalized spacial score (nSPS) is 12.2. The van der Waals surface area contributed by atoms with Gasteiger partial charge in [-0.3, -0.25) is 4.79 Å². The van der Waals surface area contributed by atoms with Crippen LogP contribution in [-0.2, 0) is 17.9 Å². The highest BCUT2D eigenvalue weighted by molar-refractivity contribution is 6.35. The quantitative estimate of drug-likeness (QED) is 0.258. The molecule has 0 aliphatic heterocycles. The first-order valence-electron chi connectivity index (χ1n) is 11.0. The van der Waals surface area contributed by atoms with Crippen molar-refractivity contribution in [3.63, 3.8) is 0 Å². The minimum atomic E-state index is -0.741. The molecule has 0 fully saturated rings. The van der Waals surface area contributed by atoms with Crippen LogP contribution in [0.25, 0.3) is 21.8 Å². The Kier molecular flexibility index (Phi) is 6.22. The van der Waals surface area contributed by atoms with Crippen molar-refractivity contribution >= 4 is 50.9 Å². The van der Waals surface area contributed by atoms with Crippen molar-refractivity contribution < 1.29 is 9.53 Å². The van der Waals surface area contributed by atoms with Gasteiger partial charge in [0.1, 0.15) is 5.75 Å². The molecule has 2 N–H and O–H groups in total. The Bertz CT molecular complexity index is 1400. The second kappa shape index (κ2) is 9.45. The van der Waals surface area contributed by atoms with Gasteiger partial charge in [0.05, 0.1) is 5.02 Å². The van der Waals surface area contributed by atoms with Gasteiger partial charge >= 0.3 is 0 Å². The number of carbonyl (C=O) groups is 1. The van der Waals surface area contributed by atoms with E-state index < -0.39 is 6.10 Å². The fourth-order valence-electron chi connectivity index (χ4n) is 4.27. The van der Waals surface area contributed by atoms with Crippen LogP contribution in [0.15, 0.2) is 79.1 Å². The van der Waals surface area contributed by atoms with Crippen molar-refractivity contribution in [2.45, 2.75) is 26.1 Å². The summed E-state index contributed by atoms with van der Waals surface area (Å²) in [6, 6.07) is 21.2. The Morgan fingerprint density at radius 2 is 1.47 bits per heavy atom. The number of nitrogens with one attached hydrogen (secondary N) is 2. The van der Waals surface area contributed by atoms with E-state index >= 15 is 0 Å². The zero-order chi connectivity index (χ0) is 23.7. The number of aromatic nitrogens is 2. The number of halogens is 2. The van der Waals surface area contributed by atoms with Crippen molar-refractivity contribution in [3.8, 4) is 5.75 Å². The Hall–Kier alpha value is -3.41. The molecule has 0 bridgehead atoms. The van der Waals surface area contributed by atoms with E-state index in [9.17, 15) is 4.79 Å². The SMILES string of the molecule is CC(Oc1ccc(Cl)cc1Cl)C(=O)N(Cc1cccc2[nH]ccc12)Cc1cccc2[nH]ccc12. The van der Waals surface area contributed by atoms with Crippen LogP contribution in [0.1, 0.15) is 18.1 Å². The molecule has 172 valence electrons. The predicted octanol–water partition coefficient (Wildman–Crippen LogP) is 6.95. The van der Waals surface area contributed by atoms with Crippen LogP contribution < -0.4 is 4.74 Å². The number of amides is 1. The van der Waals surface area contributed by atoms with Crippen LogP contribution in [0.5, 0.6) is 5.75 Å². The minimum Gasteiger partial charge on any atom is -0.479 e. The van der Waals surface area contributed by atoms with Gasteiger partial charge in [-0.05, 0) is 60.5 Å². The summed E-state index contributed by atoms with van der Waals surface area (Å²) in [4.78, 5) is 22.0. The maximum absolute atomic E-state index is 13.7.